The molecule has 1 aromatic rings. The maximum Gasteiger partial charge on any atom is 0.328 e. The lowest BCUT2D eigenvalue weighted by Crippen LogP contribution is -2.47. The van der Waals surface area contributed by atoms with E-state index < -0.39 is 29.8 Å². The third kappa shape index (κ3) is 3.38. The van der Waals surface area contributed by atoms with Gasteiger partial charge < -0.3 is 15.5 Å². The molecule has 18 heavy (non-hydrogen) atoms. The van der Waals surface area contributed by atoms with Gasteiger partial charge >= 0.3 is 5.97 Å². The number of carboxylic acids is 1. The standard InChI is InChI=1S/C10H10ClFN2O4/c1-4(15)7(10(17)18)14-9(16)6-2-5(12)3-13-8(6)11/h2-4,7,15H,1H3,(H,14,16)(H,17,18)/t4-,7+/m1/s1. The first-order valence-electron chi connectivity index (χ1n) is 4.85. The van der Waals surface area contributed by atoms with E-state index in [-0.39, 0.29) is 10.7 Å². The molecule has 0 bridgehead atoms. The van der Waals surface area contributed by atoms with Crippen molar-refractivity contribution in [2.75, 3.05) is 0 Å². The van der Waals surface area contributed by atoms with Gasteiger partial charge in [0.05, 0.1) is 17.9 Å². The SMILES string of the molecule is C[C@@H](O)[C@H](NC(=O)c1cc(F)cnc1Cl)C(=O)O. The average Bonchev–Trinajstić information content (AvgIpc) is 2.28. The van der Waals surface area contributed by atoms with Crippen LogP contribution in [0.4, 0.5) is 4.39 Å². The molecule has 0 aliphatic carbocycles. The fourth-order valence-electron chi connectivity index (χ4n) is 1.19. The molecule has 1 aromatic heterocycles. The maximum absolute atomic E-state index is 12.9. The van der Waals surface area contributed by atoms with Crippen molar-refractivity contribution >= 4 is 23.5 Å². The molecule has 2 atom stereocenters. The molecule has 1 rings (SSSR count). The summed E-state index contributed by atoms with van der Waals surface area (Å²) in [6.45, 7) is 1.20. The number of hydrogen-bond donors (Lipinski definition) is 3. The van der Waals surface area contributed by atoms with Crippen LogP contribution in [0.1, 0.15) is 17.3 Å². The number of aliphatic carboxylic acids is 1. The molecule has 0 fully saturated rings. The van der Waals surface area contributed by atoms with E-state index in [0.717, 1.165) is 12.3 Å². The van der Waals surface area contributed by atoms with Crippen molar-refractivity contribution in [1.29, 1.82) is 0 Å². The Morgan fingerprint density at radius 2 is 2.17 bits per heavy atom. The normalized spacial score (nSPS) is 13.8. The highest BCUT2D eigenvalue weighted by molar-refractivity contribution is 6.32. The second kappa shape index (κ2) is 5.74. The van der Waals surface area contributed by atoms with Crippen LogP contribution in [0.5, 0.6) is 0 Å². The summed E-state index contributed by atoms with van der Waals surface area (Å²) in [5.74, 6) is -3.13. The van der Waals surface area contributed by atoms with Crippen LogP contribution in [-0.2, 0) is 4.79 Å². The molecule has 0 aromatic carbocycles. The molecule has 0 spiro atoms. The molecular formula is C10H10ClFN2O4. The molecule has 1 heterocycles. The fraction of sp³-hybridized carbons (Fsp3) is 0.300. The molecule has 0 aliphatic heterocycles. The molecular weight excluding hydrogens is 267 g/mol. The second-order valence-electron chi connectivity index (χ2n) is 3.52. The monoisotopic (exact) mass is 276 g/mol. The van der Waals surface area contributed by atoms with Crippen LogP contribution < -0.4 is 5.32 Å². The molecule has 0 saturated carbocycles. The zero-order chi connectivity index (χ0) is 13.9. The predicted octanol–water partition coefficient (Wildman–Crippen LogP) is 0.438. The Morgan fingerprint density at radius 3 is 2.67 bits per heavy atom. The van der Waals surface area contributed by atoms with E-state index in [2.05, 4.69) is 4.98 Å². The van der Waals surface area contributed by atoms with E-state index in [9.17, 15) is 19.1 Å². The molecule has 6 nitrogen and oxygen atoms in total. The highest BCUT2D eigenvalue weighted by atomic mass is 35.5. The molecule has 98 valence electrons. The van der Waals surface area contributed by atoms with Crippen molar-refractivity contribution in [1.82, 2.24) is 10.3 Å². The van der Waals surface area contributed by atoms with Gasteiger partial charge in [0.15, 0.2) is 6.04 Å². The number of carbonyl (C=O) groups excluding carboxylic acids is 1. The van der Waals surface area contributed by atoms with E-state index in [1.807, 2.05) is 5.32 Å². The number of hydrogen-bond acceptors (Lipinski definition) is 4. The van der Waals surface area contributed by atoms with Gasteiger partial charge in [0.2, 0.25) is 0 Å². The number of nitrogens with one attached hydrogen (secondary N) is 1. The number of aromatic nitrogens is 1. The van der Waals surface area contributed by atoms with Crippen molar-refractivity contribution < 1.29 is 24.2 Å². The molecule has 0 unspecified atom stereocenters. The number of nitrogens with zero attached hydrogens (tertiary/aromatic N) is 1. The summed E-state index contributed by atoms with van der Waals surface area (Å²) in [4.78, 5) is 25.8. The Labute approximate surface area is 106 Å². The minimum Gasteiger partial charge on any atom is -0.480 e. The zero-order valence-corrected chi connectivity index (χ0v) is 9.98. The van der Waals surface area contributed by atoms with E-state index in [1.54, 1.807) is 0 Å². The molecule has 0 saturated heterocycles. The molecule has 0 radical (unpaired) electrons. The van der Waals surface area contributed by atoms with Crippen molar-refractivity contribution in [3.05, 3.63) is 28.8 Å². The van der Waals surface area contributed by atoms with Crippen LogP contribution >= 0.6 is 11.6 Å². The minimum absolute atomic E-state index is 0.261. The number of amides is 1. The lowest BCUT2D eigenvalue weighted by Gasteiger charge is -2.17. The maximum atomic E-state index is 12.9. The van der Waals surface area contributed by atoms with Crippen LogP contribution in [0.2, 0.25) is 5.15 Å². The third-order valence-corrected chi connectivity index (χ3v) is 2.39. The zero-order valence-electron chi connectivity index (χ0n) is 9.22. The number of halogens is 2. The summed E-state index contributed by atoms with van der Waals surface area (Å²) in [5.41, 5.74) is -0.302. The van der Waals surface area contributed by atoms with Gasteiger partial charge in [0.1, 0.15) is 11.0 Å². The van der Waals surface area contributed by atoms with Crippen molar-refractivity contribution in [2.24, 2.45) is 0 Å². The van der Waals surface area contributed by atoms with Crippen LogP contribution in [0.25, 0.3) is 0 Å². The van der Waals surface area contributed by atoms with E-state index >= 15 is 0 Å². The van der Waals surface area contributed by atoms with E-state index in [0.29, 0.717) is 0 Å². The quantitative estimate of drug-likeness (QED) is 0.693. The minimum atomic E-state index is -1.52. The molecule has 8 heteroatoms. The summed E-state index contributed by atoms with van der Waals surface area (Å²) in [6, 6.07) is -0.692. The van der Waals surface area contributed by atoms with E-state index in [4.69, 9.17) is 16.7 Å². The van der Waals surface area contributed by atoms with Gasteiger partial charge in [-0.25, -0.2) is 14.2 Å². The Bertz CT molecular complexity index is 481. The van der Waals surface area contributed by atoms with Crippen LogP contribution in [-0.4, -0.2) is 39.2 Å². The van der Waals surface area contributed by atoms with Crippen molar-refractivity contribution in [3.8, 4) is 0 Å². The number of aliphatic hydroxyl groups excluding tert-OH is 1. The lowest BCUT2D eigenvalue weighted by atomic mass is 10.1. The van der Waals surface area contributed by atoms with Crippen LogP contribution in [0.3, 0.4) is 0 Å². The molecule has 0 aliphatic rings. The van der Waals surface area contributed by atoms with Crippen LogP contribution in [0, 0.1) is 5.82 Å². The highest BCUT2D eigenvalue weighted by Crippen LogP contribution is 2.14. The third-order valence-electron chi connectivity index (χ3n) is 2.09. The number of carboxylic acid groups (broad SMARTS) is 1. The summed E-state index contributed by atoms with van der Waals surface area (Å²) >= 11 is 5.59. The Hall–Kier alpha value is -1.73. The Kier molecular flexibility index (Phi) is 4.57. The first-order chi connectivity index (χ1) is 8.32. The lowest BCUT2D eigenvalue weighted by molar-refractivity contribution is -0.141. The van der Waals surface area contributed by atoms with Gasteiger partial charge in [-0.15, -0.1) is 0 Å². The summed E-state index contributed by atoms with van der Waals surface area (Å²) in [6.07, 6.45) is -0.491. The Morgan fingerprint density at radius 1 is 1.56 bits per heavy atom. The summed E-state index contributed by atoms with van der Waals surface area (Å²) in [5, 5.41) is 19.7. The number of carbonyl (C=O) groups is 2. The number of aliphatic hydroxyl groups is 1. The predicted molar refractivity (Wildman–Crippen MR) is 59.8 cm³/mol. The van der Waals surface area contributed by atoms with Crippen molar-refractivity contribution in [3.63, 3.8) is 0 Å². The number of rotatable bonds is 4. The van der Waals surface area contributed by atoms with Crippen LogP contribution in [0.15, 0.2) is 12.3 Å². The van der Waals surface area contributed by atoms with Gasteiger partial charge in [0, 0.05) is 0 Å². The van der Waals surface area contributed by atoms with Gasteiger partial charge in [-0.05, 0) is 13.0 Å². The van der Waals surface area contributed by atoms with Gasteiger partial charge in [-0.3, -0.25) is 4.79 Å². The van der Waals surface area contributed by atoms with Gasteiger partial charge in [0.25, 0.3) is 5.91 Å². The van der Waals surface area contributed by atoms with E-state index in [1.165, 1.54) is 6.92 Å². The smallest absolute Gasteiger partial charge is 0.328 e. The first kappa shape index (κ1) is 14.3. The molecule has 1 amide bonds. The van der Waals surface area contributed by atoms with Gasteiger partial charge in [-0.1, -0.05) is 11.6 Å². The molecule has 3 N–H and O–H groups in total. The fourth-order valence-corrected chi connectivity index (χ4v) is 1.38. The summed E-state index contributed by atoms with van der Waals surface area (Å²) in [7, 11) is 0. The average molecular weight is 277 g/mol. The second-order valence-corrected chi connectivity index (χ2v) is 3.88. The van der Waals surface area contributed by atoms with Gasteiger partial charge in [-0.2, -0.15) is 0 Å². The summed E-state index contributed by atoms with van der Waals surface area (Å²) < 4.78 is 12.9. The topological polar surface area (TPSA) is 99.5 Å². The number of pyridine rings is 1. The highest BCUT2D eigenvalue weighted by Gasteiger charge is 2.26. The Balaban J connectivity index is 2.94. The largest absolute Gasteiger partial charge is 0.480 e. The first-order valence-corrected chi connectivity index (χ1v) is 5.23. The van der Waals surface area contributed by atoms with Crippen molar-refractivity contribution in [2.45, 2.75) is 19.1 Å².